The molecule has 0 unspecified atom stereocenters. The molecule has 0 aromatic heterocycles. The molecule has 0 amide bonds. The predicted octanol–water partition coefficient (Wildman–Crippen LogP) is 5.45. The molecular formula is C25H20BrFO5. The number of hydrogen-bond donors (Lipinski definition) is 0. The number of rotatable bonds is 7. The molecule has 0 radical (unpaired) electrons. The fourth-order valence-electron chi connectivity index (χ4n) is 4.23. The van der Waals surface area contributed by atoms with Crippen LogP contribution in [0.25, 0.3) is 0 Å². The van der Waals surface area contributed by atoms with Gasteiger partial charge in [0, 0.05) is 34.5 Å². The normalized spacial score (nSPS) is 17.9. The van der Waals surface area contributed by atoms with E-state index in [-0.39, 0.29) is 23.5 Å². The largest absolute Gasteiger partial charge is 0.496 e. The third-order valence-corrected chi connectivity index (χ3v) is 6.21. The van der Waals surface area contributed by atoms with E-state index in [0.717, 1.165) is 4.47 Å². The van der Waals surface area contributed by atoms with Gasteiger partial charge in [-0.25, -0.2) is 4.39 Å². The van der Waals surface area contributed by atoms with Gasteiger partial charge in [0.1, 0.15) is 34.9 Å². The number of halogens is 2. The number of aldehydes is 1. The zero-order chi connectivity index (χ0) is 22.9. The Morgan fingerprint density at radius 2 is 1.84 bits per heavy atom. The first-order valence-electron chi connectivity index (χ1n) is 9.89. The summed E-state index contributed by atoms with van der Waals surface area (Å²) in [6, 6.07) is 16.2. The molecule has 4 rings (SSSR count). The van der Waals surface area contributed by atoms with E-state index in [9.17, 15) is 14.0 Å². The minimum atomic E-state index is -1.60. The highest BCUT2D eigenvalue weighted by molar-refractivity contribution is 9.10. The third kappa shape index (κ3) is 3.56. The number of Topliss-reactive ketones (excluding diaryl/α,β-unsaturated/α-hetero) is 1. The molecule has 0 bridgehead atoms. The minimum absolute atomic E-state index is 0.0568. The van der Waals surface area contributed by atoms with Crippen LogP contribution in [0.5, 0.6) is 17.2 Å². The lowest BCUT2D eigenvalue weighted by Gasteiger charge is -2.35. The van der Waals surface area contributed by atoms with Gasteiger partial charge in [-0.15, -0.1) is 0 Å². The van der Waals surface area contributed by atoms with Crippen LogP contribution in [-0.2, 0) is 10.4 Å². The smallest absolute Gasteiger partial charge is 0.219 e. The topological polar surface area (TPSA) is 61.8 Å². The average molecular weight is 499 g/mol. The highest BCUT2D eigenvalue weighted by Crippen LogP contribution is 2.54. The molecule has 3 aromatic carbocycles. The van der Waals surface area contributed by atoms with Gasteiger partial charge < -0.3 is 19.0 Å². The molecule has 2 atom stereocenters. The van der Waals surface area contributed by atoms with Crippen molar-refractivity contribution in [2.75, 3.05) is 14.2 Å². The summed E-state index contributed by atoms with van der Waals surface area (Å²) in [6.45, 7) is 0. The molecule has 0 saturated carbocycles. The Hall–Kier alpha value is -3.19. The molecule has 0 aliphatic carbocycles. The first-order valence-corrected chi connectivity index (χ1v) is 10.7. The number of ether oxygens (including phenoxy) is 3. The number of carbonyl (C=O) groups is 2. The van der Waals surface area contributed by atoms with E-state index < -0.39 is 17.3 Å². The Morgan fingerprint density at radius 3 is 2.47 bits per heavy atom. The lowest BCUT2D eigenvalue weighted by molar-refractivity contribution is -0.109. The highest BCUT2D eigenvalue weighted by atomic mass is 79.9. The van der Waals surface area contributed by atoms with Gasteiger partial charge in [-0.2, -0.15) is 0 Å². The van der Waals surface area contributed by atoms with Crippen LogP contribution in [0.2, 0.25) is 0 Å². The van der Waals surface area contributed by atoms with Gasteiger partial charge in [0.05, 0.1) is 14.2 Å². The SMILES string of the molecule is COc1cc(OC)c2c(c1)O[C@@](c1ccc(Br)cc1)([C@@H](CC=O)c1cccc(F)c1)C2=O. The summed E-state index contributed by atoms with van der Waals surface area (Å²) in [5.41, 5.74) is -0.327. The van der Waals surface area contributed by atoms with Crippen LogP contribution < -0.4 is 14.2 Å². The molecule has 1 aliphatic heterocycles. The molecule has 32 heavy (non-hydrogen) atoms. The number of methoxy groups -OCH3 is 2. The quantitative estimate of drug-likeness (QED) is 0.405. The van der Waals surface area contributed by atoms with Gasteiger partial charge in [-0.3, -0.25) is 4.79 Å². The van der Waals surface area contributed by atoms with Crippen LogP contribution >= 0.6 is 15.9 Å². The maximum absolute atomic E-state index is 14.2. The standard InChI is InChI=1S/C25H20BrFO5/c1-30-19-13-21(31-2)23-22(14-19)32-25(24(23)29,16-6-8-17(26)9-7-16)20(10-11-28)15-4-3-5-18(27)12-15/h3-9,11-14,20H,10H2,1-2H3/t20-,25-/m0/s1. The molecular weight excluding hydrogens is 479 g/mol. The summed E-state index contributed by atoms with van der Waals surface area (Å²) >= 11 is 3.41. The molecule has 7 heteroatoms. The van der Waals surface area contributed by atoms with Crippen molar-refractivity contribution in [3.05, 3.63) is 87.6 Å². The van der Waals surface area contributed by atoms with Crippen LogP contribution in [0.4, 0.5) is 4.39 Å². The molecule has 0 saturated heterocycles. The first-order chi connectivity index (χ1) is 15.4. The predicted molar refractivity (Wildman–Crippen MR) is 120 cm³/mol. The Bertz CT molecular complexity index is 1180. The second-order valence-electron chi connectivity index (χ2n) is 7.39. The molecule has 164 valence electrons. The first kappa shape index (κ1) is 22.0. The van der Waals surface area contributed by atoms with E-state index in [1.165, 1.54) is 26.4 Å². The summed E-state index contributed by atoms with van der Waals surface area (Å²) in [5, 5.41) is 0. The van der Waals surface area contributed by atoms with Gasteiger partial charge in [0.2, 0.25) is 11.4 Å². The zero-order valence-electron chi connectivity index (χ0n) is 17.4. The Kier molecular flexibility index (Phi) is 6.02. The molecule has 5 nitrogen and oxygen atoms in total. The fraction of sp³-hybridized carbons (Fsp3) is 0.200. The maximum atomic E-state index is 14.2. The van der Waals surface area contributed by atoms with E-state index >= 15 is 0 Å². The van der Waals surface area contributed by atoms with Crippen molar-refractivity contribution in [1.82, 2.24) is 0 Å². The van der Waals surface area contributed by atoms with E-state index in [4.69, 9.17) is 14.2 Å². The van der Waals surface area contributed by atoms with Crippen LogP contribution in [0.1, 0.15) is 33.8 Å². The van der Waals surface area contributed by atoms with E-state index in [1.807, 2.05) is 0 Å². The van der Waals surface area contributed by atoms with Crippen LogP contribution in [0, 0.1) is 5.82 Å². The molecule has 0 fully saturated rings. The van der Waals surface area contributed by atoms with Crippen molar-refractivity contribution < 1.29 is 28.2 Å². The van der Waals surface area contributed by atoms with Gasteiger partial charge in [0.15, 0.2) is 0 Å². The van der Waals surface area contributed by atoms with Crippen LogP contribution in [0.15, 0.2) is 65.1 Å². The minimum Gasteiger partial charge on any atom is -0.496 e. The molecule has 0 spiro atoms. The van der Waals surface area contributed by atoms with E-state index in [2.05, 4.69) is 15.9 Å². The fourth-order valence-corrected chi connectivity index (χ4v) is 4.49. The number of benzene rings is 3. The highest BCUT2D eigenvalue weighted by Gasteiger charge is 2.56. The number of carbonyl (C=O) groups excluding carboxylic acids is 2. The average Bonchev–Trinajstić information content (AvgIpc) is 3.10. The van der Waals surface area contributed by atoms with Crippen molar-refractivity contribution in [3.63, 3.8) is 0 Å². The summed E-state index contributed by atoms with van der Waals surface area (Å²) < 4.78 is 32.2. The van der Waals surface area contributed by atoms with Gasteiger partial charge >= 0.3 is 0 Å². The zero-order valence-corrected chi connectivity index (χ0v) is 19.0. The summed E-state index contributed by atoms with van der Waals surface area (Å²) in [4.78, 5) is 25.8. The monoisotopic (exact) mass is 498 g/mol. The van der Waals surface area contributed by atoms with Crippen molar-refractivity contribution in [2.24, 2.45) is 0 Å². The number of ketones is 1. The lowest BCUT2D eigenvalue weighted by Crippen LogP contribution is -2.43. The van der Waals surface area contributed by atoms with Crippen molar-refractivity contribution >= 4 is 28.0 Å². The molecule has 1 heterocycles. The summed E-state index contributed by atoms with van der Waals surface area (Å²) in [7, 11) is 2.96. The van der Waals surface area contributed by atoms with Crippen molar-refractivity contribution in [3.8, 4) is 17.2 Å². The van der Waals surface area contributed by atoms with Crippen molar-refractivity contribution in [1.29, 1.82) is 0 Å². The second-order valence-corrected chi connectivity index (χ2v) is 8.30. The Morgan fingerprint density at radius 1 is 1.09 bits per heavy atom. The maximum Gasteiger partial charge on any atom is 0.219 e. The lowest BCUT2D eigenvalue weighted by atomic mass is 9.72. The van der Waals surface area contributed by atoms with E-state index in [1.54, 1.807) is 48.5 Å². The molecule has 0 N–H and O–H groups in total. The molecule has 1 aliphatic rings. The second kappa shape index (κ2) is 8.74. The van der Waals surface area contributed by atoms with Crippen molar-refractivity contribution in [2.45, 2.75) is 17.9 Å². The molecule has 3 aromatic rings. The van der Waals surface area contributed by atoms with Gasteiger partial charge in [-0.05, 0) is 29.8 Å². The number of fused-ring (bicyclic) bond motifs is 1. The van der Waals surface area contributed by atoms with Gasteiger partial charge in [0.25, 0.3) is 0 Å². The van der Waals surface area contributed by atoms with Crippen LogP contribution in [-0.4, -0.2) is 26.3 Å². The number of hydrogen-bond acceptors (Lipinski definition) is 5. The van der Waals surface area contributed by atoms with E-state index in [0.29, 0.717) is 28.9 Å². The third-order valence-electron chi connectivity index (χ3n) is 5.68. The summed E-state index contributed by atoms with van der Waals surface area (Å²) in [6.07, 6.45) is 0.659. The Balaban J connectivity index is 2.00. The van der Waals surface area contributed by atoms with Crippen LogP contribution in [0.3, 0.4) is 0 Å². The summed E-state index contributed by atoms with van der Waals surface area (Å²) in [5.74, 6) is -0.587. The van der Waals surface area contributed by atoms with Gasteiger partial charge in [-0.1, -0.05) is 40.2 Å². The Labute approximate surface area is 193 Å².